The second-order valence-electron chi connectivity index (χ2n) is 10.9. The molecule has 1 aliphatic rings. The molecule has 1 N–H and O–H groups in total. The highest BCUT2D eigenvalue weighted by atomic mass is 79.9. The number of benzene rings is 1. The number of rotatable bonds is 6. The number of carbonyl (C=O) groups is 1. The molecule has 1 amide bonds. The molecule has 1 saturated heterocycles. The molecular weight excluding hydrogens is 478 g/mol. The summed E-state index contributed by atoms with van der Waals surface area (Å²) in [5, 5.41) is 11.2. The maximum absolute atomic E-state index is 12.9. The first kappa shape index (κ1) is 26.3. The van der Waals surface area contributed by atoms with E-state index in [1.807, 2.05) is 45.0 Å². The summed E-state index contributed by atoms with van der Waals surface area (Å²) in [4.78, 5) is 14.4. The first-order valence-electron chi connectivity index (χ1n) is 10.8. The molecule has 0 radical (unpaired) electrons. The summed E-state index contributed by atoms with van der Waals surface area (Å²) in [5.74, 6) is -1.45. The quantitative estimate of drug-likeness (QED) is 0.389. The summed E-state index contributed by atoms with van der Waals surface area (Å²) in [6.07, 6.45) is -0.184. The Kier molecular flexibility index (Phi) is 8.07. The summed E-state index contributed by atoms with van der Waals surface area (Å²) < 4.78 is 18.9. The van der Waals surface area contributed by atoms with Crippen molar-refractivity contribution in [1.82, 2.24) is 4.90 Å². The highest BCUT2D eigenvalue weighted by Crippen LogP contribution is 2.38. The van der Waals surface area contributed by atoms with E-state index in [4.69, 9.17) is 13.9 Å². The van der Waals surface area contributed by atoms with Crippen LogP contribution >= 0.6 is 15.9 Å². The third-order valence-electron chi connectivity index (χ3n) is 5.90. The van der Waals surface area contributed by atoms with Crippen LogP contribution < -0.4 is 0 Å². The number of carbonyl (C=O) groups excluding carboxylic acids is 1. The lowest BCUT2D eigenvalue weighted by Gasteiger charge is -2.38. The molecule has 176 valence electrons. The third kappa shape index (κ3) is 7.56. The lowest BCUT2D eigenvalue weighted by Crippen LogP contribution is -2.47. The minimum Gasteiger partial charge on any atom is -0.444 e. The topological polar surface area (TPSA) is 68.2 Å². The van der Waals surface area contributed by atoms with Gasteiger partial charge in [-0.2, -0.15) is 0 Å². The number of halogens is 1. The van der Waals surface area contributed by atoms with Crippen molar-refractivity contribution in [1.29, 1.82) is 0 Å². The molecule has 31 heavy (non-hydrogen) atoms. The van der Waals surface area contributed by atoms with Gasteiger partial charge in [-0.15, -0.1) is 0 Å². The number of ether oxygens (including phenoxy) is 2. The maximum Gasteiger partial charge on any atom is 0.410 e. The zero-order valence-electron chi connectivity index (χ0n) is 20.1. The standard InChI is InChI=1S/C23H38BrNO5Si/c1-21(2,3)30-20(26)25-16-23(27,28-14-17-9-11-18(24)12-10-17)13-19(25)15-29-31(7,8)22(4,5)6/h9-12,19,27H,13-16H2,1-8H3/t19-,23+/m1/s1. The van der Waals surface area contributed by atoms with E-state index in [9.17, 15) is 9.90 Å². The summed E-state index contributed by atoms with van der Waals surface area (Å²) in [7, 11) is -2.01. The van der Waals surface area contributed by atoms with Crippen molar-refractivity contribution in [3.63, 3.8) is 0 Å². The Hall–Kier alpha value is -0.933. The Morgan fingerprint density at radius 2 is 1.77 bits per heavy atom. The van der Waals surface area contributed by atoms with Crippen LogP contribution in [-0.2, 0) is 20.5 Å². The molecule has 0 saturated carbocycles. The van der Waals surface area contributed by atoms with Crippen LogP contribution in [0.1, 0.15) is 53.5 Å². The Labute approximate surface area is 196 Å². The fourth-order valence-corrected chi connectivity index (χ4v) is 4.35. The van der Waals surface area contributed by atoms with Gasteiger partial charge in [-0.25, -0.2) is 4.79 Å². The average Bonchev–Trinajstić information content (AvgIpc) is 2.95. The molecule has 0 aliphatic carbocycles. The number of likely N-dealkylation sites (tertiary alicyclic amines) is 1. The first-order chi connectivity index (χ1) is 14.0. The molecule has 1 aliphatic heterocycles. The summed E-state index contributed by atoms with van der Waals surface area (Å²) in [5.41, 5.74) is 0.322. The monoisotopic (exact) mass is 515 g/mol. The van der Waals surface area contributed by atoms with Gasteiger partial charge in [0.05, 0.1) is 25.8 Å². The molecule has 0 unspecified atom stereocenters. The van der Waals surface area contributed by atoms with Gasteiger partial charge >= 0.3 is 6.09 Å². The highest BCUT2D eigenvalue weighted by Gasteiger charge is 2.48. The number of hydrogen-bond acceptors (Lipinski definition) is 5. The second-order valence-corrected chi connectivity index (χ2v) is 16.6. The van der Waals surface area contributed by atoms with Gasteiger partial charge in [-0.3, -0.25) is 4.90 Å². The van der Waals surface area contributed by atoms with Crippen LogP contribution in [-0.4, -0.2) is 55.0 Å². The van der Waals surface area contributed by atoms with E-state index >= 15 is 0 Å². The smallest absolute Gasteiger partial charge is 0.410 e. The normalized spacial score (nSPS) is 22.6. The third-order valence-corrected chi connectivity index (χ3v) is 10.9. The number of aliphatic hydroxyl groups is 1. The van der Waals surface area contributed by atoms with Crippen LogP contribution in [0, 0.1) is 0 Å². The van der Waals surface area contributed by atoms with Crippen LogP contribution in [0.15, 0.2) is 28.7 Å². The molecule has 1 aromatic carbocycles. The number of hydrogen-bond donors (Lipinski definition) is 1. The Morgan fingerprint density at radius 3 is 2.29 bits per heavy atom. The molecule has 1 heterocycles. The van der Waals surface area contributed by atoms with Gasteiger partial charge in [0.15, 0.2) is 14.1 Å². The fraction of sp³-hybridized carbons (Fsp3) is 0.696. The van der Waals surface area contributed by atoms with Crippen molar-refractivity contribution in [2.75, 3.05) is 13.2 Å². The summed E-state index contributed by atoms with van der Waals surface area (Å²) in [6, 6.07) is 7.41. The Morgan fingerprint density at radius 1 is 1.19 bits per heavy atom. The molecule has 0 spiro atoms. The lowest BCUT2D eigenvalue weighted by atomic mass is 10.1. The molecule has 6 nitrogen and oxygen atoms in total. The van der Waals surface area contributed by atoms with Crippen molar-refractivity contribution < 1.29 is 23.8 Å². The van der Waals surface area contributed by atoms with Crippen molar-refractivity contribution in [3.8, 4) is 0 Å². The minimum atomic E-state index is -2.01. The van der Waals surface area contributed by atoms with Crippen LogP contribution in [0.4, 0.5) is 4.79 Å². The first-order valence-corrected chi connectivity index (χ1v) is 14.5. The van der Waals surface area contributed by atoms with E-state index in [1.165, 1.54) is 0 Å². The van der Waals surface area contributed by atoms with Crippen LogP contribution in [0.25, 0.3) is 0 Å². The van der Waals surface area contributed by atoms with E-state index in [-0.39, 0.29) is 30.7 Å². The minimum absolute atomic E-state index is 0.0456. The van der Waals surface area contributed by atoms with Gasteiger partial charge < -0.3 is 19.0 Å². The molecule has 0 aromatic heterocycles. The molecular formula is C23H38BrNO5Si. The van der Waals surface area contributed by atoms with Gasteiger partial charge in [-0.05, 0) is 56.6 Å². The van der Waals surface area contributed by atoms with Gasteiger partial charge in [-0.1, -0.05) is 48.8 Å². The Balaban J connectivity index is 2.13. The molecule has 8 heteroatoms. The van der Waals surface area contributed by atoms with E-state index in [2.05, 4.69) is 49.8 Å². The van der Waals surface area contributed by atoms with E-state index in [1.54, 1.807) is 4.90 Å². The van der Waals surface area contributed by atoms with E-state index < -0.39 is 25.8 Å². The second kappa shape index (κ2) is 9.51. The van der Waals surface area contributed by atoms with Gasteiger partial charge in [0.25, 0.3) is 0 Å². The lowest BCUT2D eigenvalue weighted by molar-refractivity contribution is -0.200. The van der Waals surface area contributed by atoms with Crippen molar-refractivity contribution >= 4 is 30.3 Å². The fourth-order valence-electron chi connectivity index (χ4n) is 3.05. The number of amides is 1. The highest BCUT2D eigenvalue weighted by molar-refractivity contribution is 9.10. The molecule has 1 aromatic rings. The average molecular weight is 517 g/mol. The van der Waals surface area contributed by atoms with Crippen molar-refractivity contribution in [2.45, 2.75) is 90.1 Å². The predicted molar refractivity (Wildman–Crippen MR) is 128 cm³/mol. The molecule has 1 fully saturated rings. The van der Waals surface area contributed by atoms with E-state index in [0.29, 0.717) is 6.61 Å². The predicted octanol–water partition coefficient (Wildman–Crippen LogP) is 5.69. The van der Waals surface area contributed by atoms with Crippen molar-refractivity contribution in [2.24, 2.45) is 0 Å². The van der Waals surface area contributed by atoms with Crippen LogP contribution in [0.2, 0.25) is 18.1 Å². The van der Waals surface area contributed by atoms with Gasteiger partial charge in [0.1, 0.15) is 5.60 Å². The zero-order valence-corrected chi connectivity index (χ0v) is 22.7. The van der Waals surface area contributed by atoms with E-state index in [0.717, 1.165) is 10.0 Å². The number of nitrogens with zero attached hydrogens (tertiary/aromatic N) is 1. The molecule has 2 atom stereocenters. The molecule has 0 bridgehead atoms. The van der Waals surface area contributed by atoms with Gasteiger partial charge in [0, 0.05) is 10.9 Å². The SMILES string of the molecule is CC(C)(C)OC(=O)N1C[C@@](O)(OCc2ccc(Br)cc2)C[C@@H]1CO[Si](C)(C)C(C)(C)C. The van der Waals surface area contributed by atoms with Crippen LogP contribution in [0.3, 0.4) is 0 Å². The van der Waals surface area contributed by atoms with Crippen molar-refractivity contribution in [3.05, 3.63) is 34.3 Å². The summed E-state index contributed by atoms with van der Waals surface area (Å²) in [6.45, 7) is 17.0. The molecule has 2 rings (SSSR count). The number of β-amino-alcohol motifs (C(OH)–C–C–N with tert-alkyl or cyclic N) is 1. The maximum atomic E-state index is 12.9. The Bertz CT molecular complexity index is 757. The summed E-state index contributed by atoms with van der Waals surface area (Å²) >= 11 is 3.42. The zero-order chi connectivity index (χ0) is 23.7. The largest absolute Gasteiger partial charge is 0.444 e. The van der Waals surface area contributed by atoms with Crippen LogP contribution in [0.5, 0.6) is 0 Å². The van der Waals surface area contributed by atoms with Gasteiger partial charge in [0.2, 0.25) is 0 Å².